The molecule has 0 bridgehead atoms. The smallest absolute Gasteiger partial charge is 0.259 e. The van der Waals surface area contributed by atoms with Crippen LogP contribution in [0.3, 0.4) is 0 Å². The van der Waals surface area contributed by atoms with Crippen LogP contribution in [0.2, 0.25) is 0 Å². The molecule has 1 aromatic carbocycles. The van der Waals surface area contributed by atoms with Crippen LogP contribution in [-0.2, 0) is 22.2 Å². The van der Waals surface area contributed by atoms with E-state index < -0.39 is 15.6 Å². The van der Waals surface area contributed by atoms with Crippen LogP contribution >= 0.6 is 0 Å². The van der Waals surface area contributed by atoms with Crippen molar-refractivity contribution >= 4 is 10.0 Å². The summed E-state index contributed by atoms with van der Waals surface area (Å²) in [6, 6.07) is 8.94. The Balaban J connectivity index is 2.08. The van der Waals surface area contributed by atoms with Gasteiger partial charge in [-0.2, -0.15) is 0 Å². The summed E-state index contributed by atoms with van der Waals surface area (Å²) in [6.07, 6.45) is 3.00. The molecule has 0 aliphatic carbocycles. The predicted molar refractivity (Wildman–Crippen MR) is 88.3 cm³/mol. The molecule has 0 fully saturated rings. The maximum atomic E-state index is 12.3. The minimum atomic E-state index is -3.76. The molecule has 0 amide bonds. The highest BCUT2D eigenvalue weighted by atomic mass is 32.2. The van der Waals surface area contributed by atoms with Gasteiger partial charge in [-0.1, -0.05) is 44.2 Å². The van der Waals surface area contributed by atoms with Crippen molar-refractivity contribution in [1.29, 1.82) is 0 Å². The number of imidazole rings is 1. The molecule has 2 N–H and O–H groups in total. The van der Waals surface area contributed by atoms with Gasteiger partial charge in [0, 0.05) is 19.3 Å². The van der Waals surface area contributed by atoms with Gasteiger partial charge in [-0.3, -0.25) is 0 Å². The van der Waals surface area contributed by atoms with Crippen molar-refractivity contribution in [2.24, 2.45) is 5.92 Å². The van der Waals surface area contributed by atoms with Crippen LogP contribution in [0.25, 0.3) is 0 Å². The average molecular weight is 337 g/mol. The summed E-state index contributed by atoms with van der Waals surface area (Å²) in [5.41, 5.74) is -0.650. The van der Waals surface area contributed by atoms with E-state index in [9.17, 15) is 13.5 Å². The van der Waals surface area contributed by atoms with Crippen molar-refractivity contribution in [1.82, 2.24) is 14.3 Å². The zero-order valence-electron chi connectivity index (χ0n) is 13.6. The predicted octanol–water partition coefficient (Wildman–Crippen LogP) is 1.73. The second-order valence-corrected chi connectivity index (χ2v) is 7.98. The molecular weight excluding hydrogens is 314 g/mol. The van der Waals surface area contributed by atoms with E-state index in [1.807, 2.05) is 19.9 Å². The standard InChI is InChI=1S/C16H23N3O3S/c1-13(2)9-19-10-15(17-12-19)23(21,22)18-11-16(3,20)14-7-5-4-6-8-14/h4-8,10,12-13,18,20H,9,11H2,1-3H3/t16-/m1/s1. The van der Waals surface area contributed by atoms with Crippen LogP contribution in [-0.4, -0.2) is 29.6 Å². The molecule has 7 heteroatoms. The molecule has 0 radical (unpaired) electrons. The summed E-state index contributed by atoms with van der Waals surface area (Å²) in [5, 5.41) is 10.4. The van der Waals surface area contributed by atoms with Gasteiger partial charge in [0.1, 0.15) is 5.60 Å². The second-order valence-electron chi connectivity index (χ2n) is 6.27. The molecule has 1 heterocycles. The van der Waals surface area contributed by atoms with Gasteiger partial charge in [0.2, 0.25) is 0 Å². The zero-order valence-corrected chi connectivity index (χ0v) is 14.4. The van der Waals surface area contributed by atoms with Crippen LogP contribution in [0.1, 0.15) is 26.3 Å². The van der Waals surface area contributed by atoms with Gasteiger partial charge in [0.15, 0.2) is 5.03 Å². The molecule has 2 aromatic rings. The van der Waals surface area contributed by atoms with Crippen LogP contribution in [0.4, 0.5) is 0 Å². The molecular formula is C16H23N3O3S. The molecule has 0 unspecified atom stereocenters. The van der Waals surface area contributed by atoms with Gasteiger partial charge in [-0.05, 0) is 18.4 Å². The highest BCUT2D eigenvalue weighted by Crippen LogP contribution is 2.20. The van der Waals surface area contributed by atoms with E-state index in [1.54, 1.807) is 35.8 Å². The fourth-order valence-electron chi connectivity index (χ4n) is 2.21. The van der Waals surface area contributed by atoms with Crippen molar-refractivity contribution in [2.45, 2.75) is 37.9 Å². The number of sulfonamides is 1. The van der Waals surface area contributed by atoms with E-state index in [4.69, 9.17) is 0 Å². The molecule has 1 aromatic heterocycles. The Bertz CT molecular complexity index is 737. The summed E-state index contributed by atoms with van der Waals surface area (Å²) in [7, 11) is -3.76. The van der Waals surface area contributed by atoms with Gasteiger partial charge in [-0.25, -0.2) is 18.1 Å². The Hall–Kier alpha value is -1.70. The van der Waals surface area contributed by atoms with Gasteiger partial charge in [0.25, 0.3) is 10.0 Å². The third-order valence-corrected chi connectivity index (χ3v) is 4.75. The van der Waals surface area contributed by atoms with E-state index >= 15 is 0 Å². The molecule has 0 aliphatic rings. The van der Waals surface area contributed by atoms with E-state index in [2.05, 4.69) is 9.71 Å². The Kier molecular flexibility index (Phi) is 5.23. The molecule has 2 rings (SSSR count). The zero-order chi connectivity index (χ0) is 17.1. The third-order valence-electron chi connectivity index (χ3n) is 3.46. The number of nitrogens with one attached hydrogen (secondary N) is 1. The largest absolute Gasteiger partial charge is 0.384 e. The van der Waals surface area contributed by atoms with Crippen LogP contribution < -0.4 is 4.72 Å². The van der Waals surface area contributed by atoms with Crippen molar-refractivity contribution in [3.63, 3.8) is 0 Å². The van der Waals surface area contributed by atoms with Crippen molar-refractivity contribution in [2.75, 3.05) is 6.54 Å². The third kappa shape index (κ3) is 4.63. The highest BCUT2D eigenvalue weighted by Gasteiger charge is 2.27. The van der Waals surface area contributed by atoms with Gasteiger partial charge >= 0.3 is 0 Å². The van der Waals surface area contributed by atoms with Crippen molar-refractivity contribution in [3.8, 4) is 0 Å². The molecule has 0 saturated heterocycles. The average Bonchev–Trinajstić information content (AvgIpc) is 2.95. The topological polar surface area (TPSA) is 84.2 Å². The molecule has 0 aliphatic heterocycles. The van der Waals surface area contributed by atoms with E-state index in [1.165, 1.54) is 12.5 Å². The van der Waals surface area contributed by atoms with Crippen LogP contribution in [0.15, 0.2) is 47.9 Å². The lowest BCUT2D eigenvalue weighted by molar-refractivity contribution is 0.0627. The Morgan fingerprint density at radius 3 is 2.57 bits per heavy atom. The first-order valence-electron chi connectivity index (χ1n) is 7.50. The first kappa shape index (κ1) is 17.7. The van der Waals surface area contributed by atoms with Gasteiger partial charge < -0.3 is 9.67 Å². The van der Waals surface area contributed by atoms with E-state index in [-0.39, 0.29) is 11.6 Å². The van der Waals surface area contributed by atoms with Crippen LogP contribution in [0.5, 0.6) is 0 Å². The van der Waals surface area contributed by atoms with Gasteiger partial charge in [0.05, 0.1) is 6.33 Å². The SMILES string of the molecule is CC(C)Cn1cnc(S(=O)(=O)NC[C@@](C)(O)c2ccccc2)c1. The summed E-state index contributed by atoms with van der Waals surface area (Å²) in [5.74, 6) is 0.395. The Morgan fingerprint density at radius 1 is 1.30 bits per heavy atom. The summed E-state index contributed by atoms with van der Waals surface area (Å²) in [4.78, 5) is 3.95. The second kappa shape index (κ2) is 6.82. The number of aromatic nitrogens is 2. The lowest BCUT2D eigenvalue weighted by Gasteiger charge is -2.23. The minimum absolute atomic E-state index is 0.0398. The summed E-state index contributed by atoms with van der Waals surface area (Å²) < 4.78 is 28.8. The molecule has 6 nitrogen and oxygen atoms in total. The number of hydrogen-bond donors (Lipinski definition) is 2. The van der Waals surface area contributed by atoms with Crippen molar-refractivity contribution < 1.29 is 13.5 Å². The summed E-state index contributed by atoms with van der Waals surface area (Å²) >= 11 is 0. The number of rotatable bonds is 7. The fraction of sp³-hybridized carbons (Fsp3) is 0.438. The van der Waals surface area contributed by atoms with Gasteiger partial charge in [-0.15, -0.1) is 0 Å². The number of hydrogen-bond acceptors (Lipinski definition) is 4. The number of nitrogens with zero attached hydrogens (tertiary/aromatic N) is 2. The molecule has 126 valence electrons. The van der Waals surface area contributed by atoms with E-state index in [0.717, 1.165) is 0 Å². The maximum Gasteiger partial charge on any atom is 0.259 e. The monoisotopic (exact) mass is 337 g/mol. The maximum absolute atomic E-state index is 12.3. The quantitative estimate of drug-likeness (QED) is 0.806. The Labute approximate surface area is 137 Å². The summed E-state index contributed by atoms with van der Waals surface area (Å²) in [6.45, 7) is 6.23. The number of benzene rings is 1. The number of aliphatic hydroxyl groups is 1. The molecule has 0 saturated carbocycles. The van der Waals surface area contributed by atoms with Crippen molar-refractivity contribution in [3.05, 3.63) is 48.4 Å². The Morgan fingerprint density at radius 2 is 1.96 bits per heavy atom. The van der Waals surface area contributed by atoms with E-state index in [0.29, 0.717) is 18.0 Å². The molecule has 23 heavy (non-hydrogen) atoms. The first-order chi connectivity index (χ1) is 10.7. The first-order valence-corrected chi connectivity index (χ1v) is 8.98. The fourth-order valence-corrected chi connectivity index (χ4v) is 3.29. The normalized spacial score (nSPS) is 14.8. The molecule has 1 atom stereocenters. The van der Waals surface area contributed by atoms with Crippen LogP contribution in [0, 0.1) is 5.92 Å². The lowest BCUT2D eigenvalue weighted by Crippen LogP contribution is -2.38. The highest BCUT2D eigenvalue weighted by molar-refractivity contribution is 7.89. The minimum Gasteiger partial charge on any atom is -0.384 e. The molecule has 0 spiro atoms. The lowest BCUT2D eigenvalue weighted by atomic mass is 9.97.